The molecule has 2 aliphatic heterocycles. The summed E-state index contributed by atoms with van der Waals surface area (Å²) in [6.45, 7) is 24.0. The Labute approximate surface area is 542 Å². The lowest BCUT2D eigenvalue weighted by molar-refractivity contribution is -0.384. The molecule has 2 heterocycles. The second-order valence-corrected chi connectivity index (χ2v) is 28.3. The fourth-order valence-corrected chi connectivity index (χ4v) is 10.2. The van der Waals surface area contributed by atoms with E-state index in [1.807, 2.05) is 0 Å². The number of aliphatic hydroxyl groups is 4. The van der Waals surface area contributed by atoms with Crippen LogP contribution in [0.25, 0.3) is 0 Å². The summed E-state index contributed by atoms with van der Waals surface area (Å²) in [6.07, 6.45) is -16.1. The van der Waals surface area contributed by atoms with Gasteiger partial charge >= 0.3 is 36.6 Å². The topological polar surface area (TPSA) is 431 Å². The number of carbonyl (C=O) groups is 8. The summed E-state index contributed by atoms with van der Waals surface area (Å²) in [5, 5.41) is 78.3. The molecule has 1 saturated heterocycles. The minimum Gasteiger partial charge on any atom is -0.491 e. The highest BCUT2D eigenvalue weighted by atomic mass is 16.7. The maximum Gasteiger partial charge on any atom is 0.410 e. The van der Waals surface area contributed by atoms with Crippen LogP contribution in [0.1, 0.15) is 148 Å². The summed E-state index contributed by atoms with van der Waals surface area (Å²) in [7, 11) is 1.27. The molecule has 13 atom stereocenters. The lowest BCUT2D eigenvalue weighted by atomic mass is 9.72. The first-order chi connectivity index (χ1) is 42.7. The van der Waals surface area contributed by atoms with E-state index < -0.39 is 179 Å². The van der Waals surface area contributed by atoms with Crippen molar-refractivity contribution in [2.45, 2.75) is 250 Å². The Balaban J connectivity index is 1.87. The van der Waals surface area contributed by atoms with Crippen LogP contribution in [0.3, 0.4) is 0 Å². The van der Waals surface area contributed by atoms with Crippen LogP contribution in [-0.2, 0) is 58.8 Å². The van der Waals surface area contributed by atoms with Gasteiger partial charge in [-0.15, -0.1) is 0 Å². The summed E-state index contributed by atoms with van der Waals surface area (Å²) in [4.78, 5) is 120. The van der Waals surface area contributed by atoms with Gasteiger partial charge in [0.1, 0.15) is 76.4 Å². The molecule has 32 nitrogen and oxygen atoms in total. The fourth-order valence-electron chi connectivity index (χ4n) is 10.2. The van der Waals surface area contributed by atoms with Gasteiger partial charge in [0.05, 0.1) is 42.3 Å². The highest BCUT2D eigenvalue weighted by Crippen LogP contribution is 2.39. The van der Waals surface area contributed by atoms with Crippen LogP contribution in [0.2, 0.25) is 0 Å². The Hall–Kier alpha value is -7.52. The van der Waals surface area contributed by atoms with E-state index in [0.717, 1.165) is 4.90 Å². The van der Waals surface area contributed by atoms with Crippen LogP contribution in [0, 0.1) is 16.0 Å². The van der Waals surface area contributed by atoms with Gasteiger partial charge in [-0.05, 0) is 167 Å². The summed E-state index contributed by atoms with van der Waals surface area (Å²) in [5.74, 6) is -3.42. The molecule has 11 N–H and O–H groups in total. The van der Waals surface area contributed by atoms with Gasteiger partial charge < -0.3 is 105 Å². The number of rotatable bonds is 22. The molecule has 0 bridgehead atoms. The molecule has 3 aliphatic rings. The van der Waals surface area contributed by atoms with E-state index >= 15 is 0 Å². The van der Waals surface area contributed by atoms with Crippen molar-refractivity contribution in [3.8, 4) is 0 Å². The number of alkyl carbamates (subject to hydrolysis) is 5. The monoisotopic (exact) mass is 1330 g/mol. The largest absolute Gasteiger partial charge is 0.491 e. The molecule has 0 spiro atoms. The number of hydrogen-bond acceptors (Lipinski definition) is 23. The highest BCUT2D eigenvalue weighted by molar-refractivity contribution is 5.86. The molecule has 0 radical (unpaired) electrons. The lowest BCUT2D eigenvalue weighted by Gasteiger charge is -2.52. The van der Waals surface area contributed by atoms with Crippen molar-refractivity contribution in [2.75, 3.05) is 33.3 Å². The zero-order chi connectivity index (χ0) is 70.4. The van der Waals surface area contributed by atoms with E-state index in [4.69, 9.17) is 42.6 Å². The average Bonchev–Trinajstić information content (AvgIpc) is 0.761. The predicted octanol–water partition coefficient (Wildman–Crippen LogP) is 4.30. The fraction of sp³-hybridized carbons (Fsp3) is 0.738. The number of aliphatic hydroxyl groups excluding tert-OH is 3. The Morgan fingerprint density at radius 2 is 1.23 bits per heavy atom. The first-order valence-corrected chi connectivity index (χ1v) is 30.7. The smallest absolute Gasteiger partial charge is 0.410 e. The number of nitro groups is 1. The number of non-ortho nitro benzene ring substituents is 1. The molecular formula is C61H99N9O23. The molecule has 93 heavy (non-hydrogen) atoms. The van der Waals surface area contributed by atoms with Gasteiger partial charge in [-0.1, -0.05) is 0 Å². The minimum atomic E-state index is -2.03. The third kappa shape index (κ3) is 26.4. The number of amides is 8. The highest BCUT2D eigenvalue weighted by Gasteiger charge is 2.57. The number of nitrogens with one attached hydrogen (secondary N) is 7. The van der Waals surface area contributed by atoms with Crippen LogP contribution >= 0.6 is 0 Å². The molecule has 8 amide bonds. The minimum absolute atomic E-state index is 0.00921. The van der Waals surface area contributed by atoms with Crippen molar-refractivity contribution >= 4 is 54.1 Å². The molecule has 1 saturated carbocycles. The van der Waals surface area contributed by atoms with Crippen LogP contribution in [0.15, 0.2) is 36.1 Å². The number of carbonyl (C=O) groups excluding carboxylic acids is 8. The van der Waals surface area contributed by atoms with Crippen molar-refractivity contribution < 1.29 is 106 Å². The quantitative estimate of drug-likeness (QED) is 0.0333. The zero-order valence-electron chi connectivity index (χ0n) is 56.3. The van der Waals surface area contributed by atoms with Crippen LogP contribution in [0.5, 0.6) is 0 Å². The lowest BCUT2D eigenvalue weighted by Crippen LogP contribution is -2.71. The summed E-state index contributed by atoms with van der Waals surface area (Å²) >= 11 is 0. The molecule has 1 aromatic carbocycles. The van der Waals surface area contributed by atoms with Crippen LogP contribution < -0.4 is 37.2 Å². The number of hydrogen-bond donors (Lipinski definition) is 11. The van der Waals surface area contributed by atoms with Gasteiger partial charge in [0, 0.05) is 44.2 Å². The van der Waals surface area contributed by atoms with E-state index in [9.17, 15) is 68.9 Å². The predicted molar refractivity (Wildman–Crippen MR) is 331 cm³/mol. The summed E-state index contributed by atoms with van der Waals surface area (Å²) in [6, 6.07) is -1.80. The molecule has 32 heteroatoms. The molecule has 1 aromatic rings. The molecule has 4 rings (SSSR count). The van der Waals surface area contributed by atoms with E-state index in [2.05, 4.69) is 37.2 Å². The number of benzene rings is 1. The molecule has 1 aliphatic carbocycles. The molecule has 526 valence electrons. The Kier molecular flexibility index (Phi) is 27.3. The summed E-state index contributed by atoms with van der Waals surface area (Å²) < 4.78 is 52.0. The van der Waals surface area contributed by atoms with Crippen molar-refractivity contribution in [1.29, 1.82) is 0 Å². The number of nitrogens with zero attached hydrogens (tertiary/aromatic N) is 2. The maximum atomic E-state index is 14.9. The standard InChI is InChI=1S/C61H99N9O23/c1-56(2,3)89-51(77)62-27-18-19-37(67-53(79)91-58(7,8)9)47(74)65-36-25-24-35(30-64-50(76)85-31-33-20-22-34(23-21-33)70(83)84)87-44(36)41-38(68-54(80)92-59(10,11)12)29-39(66-48(75)40(71)26-28-63-52(78)90-57(4,5)6)45(42(41)72)88-49-43(73)46(61(16,82)32-86-49)69(17)55(81)93-60(13,14)15/h20-24,36-46,49,71-73,82H,18-19,25-32H2,1-17H3,(H,62,77)(H,63,78)(H,64,76)(H,65,74)(H,66,75)(H,67,79)(H,68,80)/t36-,37?,38+,39-,40+,41-,42+,43-,44?,45+,46-,49-,61+/m1/s1. The maximum absolute atomic E-state index is 14.9. The van der Waals surface area contributed by atoms with Gasteiger partial charge in [-0.3, -0.25) is 19.7 Å². The third-order valence-electron chi connectivity index (χ3n) is 13.9. The Morgan fingerprint density at radius 1 is 0.688 bits per heavy atom. The second-order valence-electron chi connectivity index (χ2n) is 28.3. The average molecular weight is 1330 g/mol. The van der Waals surface area contributed by atoms with E-state index in [1.165, 1.54) is 44.3 Å². The van der Waals surface area contributed by atoms with Crippen molar-refractivity contribution in [3.63, 3.8) is 0 Å². The summed E-state index contributed by atoms with van der Waals surface area (Å²) in [5.41, 5.74) is -6.65. The second kappa shape index (κ2) is 32.6. The SMILES string of the molecule is CN(C(=O)OC(C)(C)C)[C@@H]1[C@@H](O)[C@@H](O[C@@H]2[C@@H](O)[C@H](C3OC(CNC(=O)OCc4ccc([N+](=O)[O-])cc4)=CC[C@H]3NC(=O)C(CCCNC(=O)OC(C)(C)C)NC(=O)OC(C)(C)C)[C@@H](NC(=O)OC(C)(C)C)C[C@H]2NC(=O)[C@@H](O)CCNC(=O)OC(C)(C)C)OC[C@]1(C)O. The van der Waals surface area contributed by atoms with Crippen LogP contribution in [-0.4, -0.2) is 213 Å². The van der Waals surface area contributed by atoms with Crippen molar-refractivity contribution in [3.05, 3.63) is 51.8 Å². The Bertz CT molecular complexity index is 2770. The van der Waals surface area contributed by atoms with Gasteiger partial charge in [-0.25, -0.2) is 28.8 Å². The van der Waals surface area contributed by atoms with Gasteiger partial charge in [0.2, 0.25) is 11.8 Å². The van der Waals surface area contributed by atoms with Crippen molar-refractivity contribution in [2.24, 2.45) is 5.92 Å². The first kappa shape index (κ1) is 77.9. The van der Waals surface area contributed by atoms with Crippen LogP contribution in [0.4, 0.5) is 34.5 Å². The van der Waals surface area contributed by atoms with Gasteiger partial charge in [0.25, 0.3) is 5.69 Å². The van der Waals surface area contributed by atoms with E-state index in [1.54, 1.807) is 104 Å². The Morgan fingerprint density at radius 3 is 1.78 bits per heavy atom. The normalized spacial score (nSPS) is 24.9. The van der Waals surface area contributed by atoms with Gasteiger partial charge in [-0.2, -0.15) is 0 Å². The first-order valence-electron chi connectivity index (χ1n) is 30.7. The molecule has 2 unspecified atom stereocenters. The van der Waals surface area contributed by atoms with Gasteiger partial charge in [0.15, 0.2) is 6.29 Å². The van der Waals surface area contributed by atoms with E-state index in [-0.39, 0.29) is 56.8 Å². The number of likely N-dealkylation sites (N-methyl/N-ethyl adjacent to an activating group) is 1. The molecule has 0 aromatic heterocycles. The molecule has 2 fully saturated rings. The number of ether oxygens (including phenoxy) is 9. The molecular weight excluding hydrogens is 1230 g/mol. The van der Waals surface area contributed by atoms with Crippen molar-refractivity contribution in [1.82, 2.24) is 42.1 Å². The zero-order valence-corrected chi connectivity index (χ0v) is 56.3. The number of nitro benzene ring substituents is 1. The van der Waals surface area contributed by atoms with E-state index in [0.29, 0.717) is 5.56 Å². The third-order valence-corrected chi connectivity index (χ3v) is 13.9.